The van der Waals surface area contributed by atoms with Gasteiger partial charge in [0.05, 0.1) is 29.4 Å². The summed E-state index contributed by atoms with van der Waals surface area (Å²) in [5, 5.41) is 19.9. The Morgan fingerprint density at radius 2 is 1.82 bits per heavy atom. The third-order valence-corrected chi connectivity index (χ3v) is 7.04. The Bertz CT molecular complexity index is 1170. The number of carbonyl (C=O) groups excluding carboxylic acids is 1. The van der Waals surface area contributed by atoms with Crippen molar-refractivity contribution in [3.63, 3.8) is 0 Å². The zero-order valence-electron chi connectivity index (χ0n) is 17.8. The molecule has 0 spiro atoms. The Kier molecular flexibility index (Phi) is 7.47. The second-order valence-corrected chi connectivity index (χ2v) is 9.08. The van der Waals surface area contributed by atoms with Gasteiger partial charge in [-0.2, -0.15) is 9.57 Å². The first-order valence-corrected chi connectivity index (χ1v) is 11.4. The molecule has 0 unspecified atom stereocenters. The smallest absolute Gasteiger partial charge is 0.312 e. The third-order valence-electron chi connectivity index (χ3n) is 5.14. The van der Waals surface area contributed by atoms with Crippen molar-refractivity contribution in [1.82, 2.24) is 9.21 Å². The van der Waals surface area contributed by atoms with E-state index in [0.29, 0.717) is 5.75 Å². The van der Waals surface area contributed by atoms with Gasteiger partial charge in [0.15, 0.2) is 12.4 Å². The highest BCUT2D eigenvalue weighted by Crippen LogP contribution is 2.30. The van der Waals surface area contributed by atoms with E-state index in [0.717, 1.165) is 11.6 Å². The van der Waals surface area contributed by atoms with Crippen molar-refractivity contribution in [2.75, 3.05) is 39.9 Å². The number of piperazine rings is 1. The lowest BCUT2D eigenvalue weighted by Gasteiger charge is -2.33. The molecule has 1 aliphatic rings. The highest BCUT2D eigenvalue weighted by molar-refractivity contribution is 7.89. The maximum absolute atomic E-state index is 12.9. The fourth-order valence-corrected chi connectivity index (χ4v) is 4.77. The number of hydrogen-bond donors (Lipinski definition) is 0. The highest BCUT2D eigenvalue weighted by Gasteiger charge is 2.32. The van der Waals surface area contributed by atoms with Gasteiger partial charge in [0, 0.05) is 32.2 Å². The van der Waals surface area contributed by atoms with Gasteiger partial charge in [0.1, 0.15) is 5.75 Å². The Morgan fingerprint density at radius 3 is 2.39 bits per heavy atom. The zero-order valence-corrected chi connectivity index (χ0v) is 18.7. The molecule has 0 aromatic heterocycles. The van der Waals surface area contributed by atoms with E-state index >= 15 is 0 Å². The normalized spacial score (nSPS) is 14.4. The van der Waals surface area contributed by atoms with Gasteiger partial charge < -0.3 is 14.4 Å². The molecule has 0 bridgehead atoms. The van der Waals surface area contributed by atoms with Crippen LogP contribution in [0.1, 0.15) is 5.56 Å². The average Bonchev–Trinajstić information content (AvgIpc) is 2.83. The van der Waals surface area contributed by atoms with Crippen molar-refractivity contribution in [2.45, 2.75) is 11.3 Å². The minimum Gasteiger partial charge on any atom is -0.490 e. The number of carbonyl (C=O) groups is 1. The Labute approximate surface area is 190 Å². The predicted octanol–water partition coefficient (Wildman–Crippen LogP) is 1.58. The summed E-state index contributed by atoms with van der Waals surface area (Å²) in [7, 11) is -2.71. The first kappa shape index (κ1) is 24.0. The summed E-state index contributed by atoms with van der Waals surface area (Å²) in [6.07, 6.45) is 0.288. The summed E-state index contributed by atoms with van der Waals surface area (Å²) in [6, 6.07) is 12.4. The minimum absolute atomic E-state index is 0.0333. The van der Waals surface area contributed by atoms with Crippen molar-refractivity contribution in [2.24, 2.45) is 0 Å². The average molecular weight is 474 g/mol. The van der Waals surface area contributed by atoms with Crippen LogP contribution in [0.25, 0.3) is 0 Å². The first-order chi connectivity index (χ1) is 15.8. The summed E-state index contributed by atoms with van der Waals surface area (Å²) >= 11 is 0. The van der Waals surface area contributed by atoms with Gasteiger partial charge in [-0.15, -0.1) is 0 Å². The van der Waals surface area contributed by atoms with Gasteiger partial charge in [0.2, 0.25) is 10.0 Å². The molecule has 0 saturated carbocycles. The van der Waals surface area contributed by atoms with E-state index in [1.807, 2.05) is 0 Å². The predicted molar refractivity (Wildman–Crippen MR) is 116 cm³/mol. The SMILES string of the molecule is COc1ccc(S(=O)(=O)N2CCN(C(=O)COc3ccc(CC#N)cc3)CC2)cc1[N+](=O)[O-]. The molecule has 11 nitrogen and oxygen atoms in total. The highest BCUT2D eigenvalue weighted by atomic mass is 32.2. The molecule has 2 aromatic rings. The number of methoxy groups -OCH3 is 1. The van der Waals surface area contributed by atoms with Crippen LogP contribution in [-0.2, 0) is 21.2 Å². The van der Waals surface area contributed by atoms with E-state index in [1.165, 1.54) is 28.4 Å². The van der Waals surface area contributed by atoms with Crippen LogP contribution in [0.15, 0.2) is 47.4 Å². The van der Waals surface area contributed by atoms with Gasteiger partial charge in [-0.3, -0.25) is 14.9 Å². The zero-order chi connectivity index (χ0) is 24.0. The lowest BCUT2D eigenvalue weighted by molar-refractivity contribution is -0.386. The van der Waals surface area contributed by atoms with E-state index in [9.17, 15) is 23.3 Å². The van der Waals surface area contributed by atoms with E-state index in [2.05, 4.69) is 6.07 Å². The lowest BCUT2D eigenvalue weighted by Crippen LogP contribution is -2.51. The number of nitriles is 1. The molecule has 1 saturated heterocycles. The van der Waals surface area contributed by atoms with Crippen molar-refractivity contribution in [3.05, 3.63) is 58.1 Å². The number of benzene rings is 2. The molecule has 1 heterocycles. The summed E-state index contributed by atoms with van der Waals surface area (Å²) in [5.74, 6) is 0.176. The van der Waals surface area contributed by atoms with Gasteiger partial charge in [0.25, 0.3) is 5.91 Å². The summed E-state index contributed by atoms with van der Waals surface area (Å²) in [5.41, 5.74) is 0.404. The molecule has 0 aliphatic carbocycles. The van der Waals surface area contributed by atoms with Crippen LogP contribution in [0.3, 0.4) is 0 Å². The number of ether oxygens (including phenoxy) is 2. The first-order valence-electron chi connectivity index (χ1n) is 9.95. The Morgan fingerprint density at radius 1 is 1.15 bits per heavy atom. The van der Waals surface area contributed by atoms with E-state index in [1.54, 1.807) is 24.3 Å². The maximum Gasteiger partial charge on any atom is 0.312 e. The summed E-state index contributed by atoms with van der Waals surface area (Å²) < 4.78 is 37.5. The van der Waals surface area contributed by atoms with E-state index in [-0.39, 0.29) is 55.8 Å². The molecule has 1 fully saturated rings. The van der Waals surface area contributed by atoms with Gasteiger partial charge in [-0.25, -0.2) is 8.42 Å². The molecule has 12 heteroatoms. The molecule has 0 atom stereocenters. The number of nitrogens with zero attached hydrogens (tertiary/aromatic N) is 4. The van der Waals surface area contributed by atoms with Gasteiger partial charge in [-0.05, 0) is 29.8 Å². The molecular formula is C21H22N4O7S. The molecule has 1 aliphatic heterocycles. The van der Waals surface area contributed by atoms with Crippen LogP contribution in [-0.4, -0.2) is 68.3 Å². The monoisotopic (exact) mass is 474 g/mol. The molecule has 33 heavy (non-hydrogen) atoms. The molecule has 0 radical (unpaired) electrons. The number of hydrogen-bond acceptors (Lipinski definition) is 8. The van der Waals surface area contributed by atoms with Crippen LogP contribution in [0.2, 0.25) is 0 Å². The largest absolute Gasteiger partial charge is 0.490 e. The Hall–Kier alpha value is -3.69. The number of sulfonamides is 1. The van der Waals surface area contributed by atoms with Crippen LogP contribution >= 0.6 is 0 Å². The fraction of sp³-hybridized carbons (Fsp3) is 0.333. The molecule has 3 rings (SSSR count). The number of nitro groups is 1. The lowest BCUT2D eigenvalue weighted by atomic mass is 10.2. The van der Waals surface area contributed by atoms with Crippen molar-refractivity contribution in [3.8, 4) is 17.6 Å². The standard InChI is InChI=1S/C21H22N4O7S/c1-31-20-7-6-18(14-19(20)25(27)28)33(29,30)24-12-10-23(11-13-24)21(26)15-32-17-4-2-16(3-5-17)8-9-22/h2-7,14H,8,10-13,15H2,1H3. The third kappa shape index (κ3) is 5.57. The second-order valence-electron chi connectivity index (χ2n) is 7.14. The summed E-state index contributed by atoms with van der Waals surface area (Å²) in [6.45, 7) is 0.240. The molecule has 174 valence electrons. The molecule has 1 amide bonds. The number of nitro benzene ring substituents is 1. The topological polar surface area (TPSA) is 143 Å². The number of amides is 1. The van der Waals surface area contributed by atoms with E-state index in [4.69, 9.17) is 14.7 Å². The summed E-state index contributed by atoms with van der Waals surface area (Å²) in [4.78, 5) is 24.3. The quantitative estimate of drug-likeness (QED) is 0.414. The molecule has 0 N–H and O–H groups in total. The fourth-order valence-electron chi connectivity index (χ4n) is 3.33. The van der Waals surface area contributed by atoms with Crippen LogP contribution in [0.5, 0.6) is 11.5 Å². The van der Waals surface area contributed by atoms with Crippen LogP contribution in [0, 0.1) is 21.4 Å². The minimum atomic E-state index is -3.98. The second kappa shape index (κ2) is 10.3. The number of rotatable bonds is 8. The van der Waals surface area contributed by atoms with E-state index < -0.39 is 20.6 Å². The molecule has 2 aromatic carbocycles. The van der Waals surface area contributed by atoms with Crippen LogP contribution in [0.4, 0.5) is 5.69 Å². The maximum atomic E-state index is 12.9. The van der Waals surface area contributed by atoms with Crippen molar-refractivity contribution < 1.29 is 27.6 Å². The van der Waals surface area contributed by atoms with Gasteiger partial charge >= 0.3 is 5.69 Å². The van der Waals surface area contributed by atoms with Crippen LogP contribution < -0.4 is 9.47 Å². The van der Waals surface area contributed by atoms with Gasteiger partial charge in [-0.1, -0.05) is 12.1 Å². The Balaban J connectivity index is 1.58. The van der Waals surface area contributed by atoms with Crippen molar-refractivity contribution >= 4 is 21.6 Å². The van der Waals surface area contributed by atoms with Crippen molar-refractivity contribution in [1.29, 1.82) is 5.26 Å². The molecular weight excluding hydrogens is 452 g/mol.